The summed E-state index contributed by atoms with van der Waals surface area (Å²) in [7, 11) is 0. The molecular weight excluding hydrogens is 202 g/mol. The molecule has 0 radical (unpaired) electrons. The Balaban J connectivity index is 1.86. The second kappa shape index (κ2) is 5.21. The molecule has 1 aromatic rings. The molecule has 88 valence electrons. The summed E-state index contributed by atoms with van der Waals surface area (Å²) in [5, 5.41) is 12.9. The minimum absolute atomic E-state index is 0.151. The van der Waals surface area contributed by atoms with Crippen molar-refractivity contribution in [3.8, 4) is 11.5 Å². The molecule has 0 amide bonds. The normalized spacial score (nSPS) is 21.9. The predicted molar refractivity (Wildman–Crippen MR) is 63.8 cm³/mol. The van der Waals surface area contributed by atoms with Crippen LogP contribution in [0.25, 0.3) is 0 Å². The summed E-state index contributed by atoms with van der Waals surface area (Å²) in [6.45, 7) is 4.27. The van der Waals surface area contributed by atoms with Crippen molar-refractivity contribution >= 4 is 0 Å². The van der Waals surface area contributed by atoms with Crippen LogP contribution in [0.3, 0.4) is 0 Å². The maximum atomic E-state index is 9.58. The molecule has 1 aliphatic heterocycles. The summed E-state index contributed by atoms with van der Waals surface area (Å²) in [4.78, 5) is 0. The van der Waals surface area contributed by atoms with Crippen LogP contribution in [0, 0.1) is 5.92 Å². The molecule has 2 atom stereocenters. The number of hydrogen-bond donors (Lipinski definition) is 2. The number of hydrogen-bond acceptors (Lipinski definition) is 3. The highest BCUT2D eigenvalue weighted by molar-refractivity contribution is 5.38. The van der Waals surface area contributed by atoms with E-state index in [4.69, 9.17) is 4.74 Å². The summed E-state index contributed by atoms with van der Waals surface area (Å²) < 4.78 is 5.73. The van der Waals surface area contributed by atoms with E-state index >= 15 is 0 Å². The van der Waals surface area contributed by atoms with Crippen molar-refractivity contribution in [2.75, 3.05) is 13.1 Å². The van der Waals surface area contributed by atoms with Gasteiger partial charge < -0.3 is 15.2 Å². The van der Waals surface area contributed by atoms with Gasteiger partial charge >= 0.3 is 0 Å². The first-order valence-corrected chi connectivity index (χ1v) is 5.91. The minimum Gasteiger partial charge on any atom is -0.504 e. The number of phenols is 1. The van der Waals surface area contributed by atoms with Gasteiger partial charge in [-0.2, -0.15) is 0 Å². The van der Waals surface area contributed by atoms with Crippen molar-refractivity contribution in [1.29, 1.82) is 0 Å². The van der Waals surface area contributed by atoms with Gasteiger partial charge in [0.05, 0.1) is 6.10 Å². The lowest BCUT2D eigenvalue weighted by Crippen LogP contribution is -2.18. The van der Waals surface area contributed by atoms with Crippen molar-refractivity contribution in [3.63, 3.8) is 0 Å². The van der Waals surface area contributed by atoms with Gasteiger partial charge in [0.2, 0.25) is 0 Å². The van der Waals surface area contributed by atoms with Crippen molar-refractivity contribution in [3.05, 3.63) is 24.3 Å². The van der Waals surface area contributed by atoms with E-state index in [1.165, 1.54) is 6.42 Å². The Bertz CT molecular complexity index is 334. The average molecular weight is 221 g/mol. The largest absolute Gasteiger partial charge is 0.504 e. The van der Waals surface area contributed by atoms with E-state index < -0.39 is 0 Å². The van der Waals surface area contributed by atoms with Gasteiger partial charge in [-0.3, -0.25) is 0 Å². The first-order chi connectivity index (χ1) is 7.75. The highest BCUT2D eigenvalue weighted by Gasteiger charge is 2.18. The highest BCUT2D eigenvalue weighted by Crippen LogP contribution is 2.27. The molecule has 3 nitrogen and oxygen atoms in total. The summed E-state index contributed by atoms with van der Waals surface area (Å²) in [5.41, 5.74) is 0. The van der Waals surface area contributed by atoms with Crippen LogP contribution in [0.15, 0.2) is 24.3 Å². The average Bonchev–Trinajstić information content (AvgIpc) is 2.74. The zero-order valence-electron chi connectivity index (χ0n) is 9.65. The van der Waals surface area contributed by atoms with Crippen LogP contribution in [0.1, 0.15) is 19.8 Å². The van der Waals surface area contributed by atoms with E-state index in [-0.39, 0.29) is 11.9 Å². The van der Waals surface area contributed by atoms with Gasteiger partial charge in [-0.1, -0.05) is 12.1 Å². The van der Waals surface area contributed by atoms with E-state index in [9.17, 15) is 5.11 Å². The van der Waals surface area contributed by atoms with Crippen molar-refractivity contribution in [2.24, 2.45) is 5.92 Å². The number of ether oxygens (including phenoxy) is 1. The van der Waals surface area contributed by atoms with Gasteiger partial charge in [0, 0.05) is 0 Å². The van der Waals surface area contributed by atoms with Gasteiger partial charge in [-0.25, -0.2) is 0 Å². The Morgan fingerprint density at radius 3 is 3.00 bits per heavy atom. The minimum atomic E-state index is 0.151. The number of phenolic OH excluding ortho intramolecular Hbond substituents is 1. The lowest BCUT2D eigenvalue weighted by Gasteiger charge is -2.18. The summed E-state index contributed by atoms with van der Waals surface area (Å²) in [6.07, 6.45) is 2.42. The molecule has 2 unspecified atom stereocenters. The van der Waals surface area contributed by atoms with Crippen LogP contribution in [-0.4, -0.2) is 24.3 Å². The Morgan fingerprint density at radius 1 is 1.50 bits per heavy atom. The molecule has 1 heterocycles. The van der Waals surface area contributed by atoms with E-state index in [0.29, 0.717) is 11.7 Å². The molecule has 1 fully saturated rings. The van der Waals surface area contributed by atoms with Gasteiger partial charge in [0.25, 0.3) is 0 Å². The molecular formula is C13H19NO2. The lowest BCUT2D eigenvalue weighted by atomic mass is 10.0. The van der Waals surface area contributed by atoms with Crippen LogP contribution in [0.5, 0.6) is 11.5 Å². The van der Waals surface area contributed by atoms with Gasteiger partial charge in [0.1, 0.15) is 0 Å². The zero-order chi connectivity index (χ0) is 11.4. The molecule has 2 rings (SSSR count). The smallest absolute Gasteiger partial charge is 0.161 e. The maximum Gasteiger partial charge on any atom is 0.161 e. The molecule has 2 N–H and O–H groups in total. The monoisotopic (exact) mass is 221 g/mol. The molecule has 0 bridgehead atoms. The predicted octanol–water partition coefficient (Wildman–Crippen LogP) is 2.16. The summed E-state index contributed by atoms with van der Waals surface area (Å²) >= 11 is 0. The third kappa shape index (κ3) is 2.89. The Hall–Kier alpha value is -1.22. The molecule has 16 heavy (non-hydrogen) atoms. The second-order valence-corrected chi connectivity index (χ2v) is 4.49. The Kier molecular flexibility index (Phi) is 3.67. The first-order valence-electron chi connectivity index (χ1n) is 5.91. The quantitative estimate of drug-likeness (QED) is 0.818. The van der Waals surface area contributed by atoms with E-state index in [1.54, 1.807) is 18.2 Å². The van der Waals surface area contributed by atoms with Gasteiger partial charge in [-0.15, -0.1) is 0 Å². The molecule has 1 aromatic carbocycles. The lowest BCUT2D eigenvalue weighted by molar-refractivity contribution is 0.182. The molecule has 0 saturated carbocycles. The molecule has 1 saturated heterocycles. The van der Waals surface area contributed by atoms with Crippen LogP contribution in [0.4, 0.5) is 0 Å². The highest BCUT2D eigenvalue weighted by atomic mass is 16.5. The van der Waals surface area contributed by atoms with Crippen LogP contribution in [-0.2, 0) is 0 Å². The number of benzene rings is 1. The molecule has 1 aliphatic rings. The van der Waals surface area contributed by atoms with Crippen LogP contribution >= 0.6 is 0 Å². The molecule has 3 heteroatoms. The van der Waals surface area contributed by atoms with Crippen LogP contribution < -0.4 is 10.1 Å². The maximum absolute atomic E-state index is 9.58. The number of aromatic hydroxyl groups is 1. The Labute approximate surface area is 96.4 Å². The fourth-order valence-electron chi connectivity index (χ4n) is 2.21. The summed E-state index contributed by atoms with van der Waals surface area (Å²) in [5.74, 6) is 1.51. The summed E-state index contributed by atoms with van der Waals surface area (Å²) in [6, 6.07) is 7.13. The van der Waals surface area contributed by atoms with Crippen molar-refractivity contribution in [1.82, 2.24) is 5.32 Å². The van der Waals surface area contributed by atoms with Crippen molar-refractivity contribution in [2.45, 2.75) is 25.9 Å². The third-order valence-corrected chi connectivity index (χ3v) is 3.02. The Morgan fingerprint density at radius 2 is 2.31 bits per heavy atom. The van der Waals surface area contributed by atoms with Crippen molar-refractivity contribution < 1.29 is 9.84 Å². The fourth-order valence-corrected chi connectivity index (χ4v) is 2.21. The number of nitrogens with one attached hydrogen (secondary N) is 1. The zero-order valence-corrected chi connectivity index (χ0v) is 9.65. The topological polar surface area (TPSA) is 41.5 Å². The standard InChI is InChI=1S/C13H19NO2/c1-10(8-11-6-7-14-9-11)16-13-5-3-2-4-12(13)15/h2-5,10-11,14-15H,6-9H2,1H3. The fraction of sp³-hybridized carbons (Fsp3) is 0.538. The first kappa shape index (κ1) is 11.3. The third-order valence-electron chi connectivity index (χ3n) is 3.02. The molecule has 0 aliphatic carbocycles. The van der Waals surface area contributed by atoms with Gasteiger partial charge in [-0.05, 0) is 50.9 Å². The SMILES string of the molecule is CC(CC1CCNC1)Oc1ccccc1O. The number of rotatable bonds is 4. The number of para-hydroxylation sites is 2. The van der Waals surface area contributed by atoms with E-state index in [1.807, 2.05) is 6.07 Å². The van der Waals surface area contributed by atoms with E-state index in [0.717, 1.165) is 19.5 Å². The van der Waals surface area contributed by atoms with Gasteiger partial charge in [0.15, 0.2) is 11.5 Å². The second-order valence-electron chi connectivity index (χ2n) is 4.49. The molecule has 0 spiro atoms. The van der Waals surface area contributed by atoms with E-state index in [2.05, 4.69) is 12.2 Å². The van der Waals surface area contributed by atoms with Crippen LogP contribution in [0.2, 0.25) is 0 Å². The molecule has 0 aromatic heterocycles.